The molecule has 0 amide bonds. The number of ether oxygens (including phenoxy) is 2. The number of phenolic OH excluding ortho intramolecular Hbond substituents is 1. The van der Waals surface area contributed by atoms with Crippen molar-refractivity contribution in [3.05, 3.63) is 71.3 Å². The van der Waals surface area contributed by atoms with Crippen LogP contribution in [-0.4, -0.2) is 47.4 Å². The van der Waals surface area contributed by atoms with Gasteiger partial charge >= 0.3 is 0 Å². The molecule has 3 fully saturated rings. The van der Waals surface area contributed by atoms with Crippen molar-refractivity contribution in [1.29, 1.82) is 0 Å². The van der Waals surface area contributed by atoms with Crippen LogP contribution in [0.5, 0.6) is 11.5 Å². The number of phenols is 1. The predicted octanol–water partition coefficient (Wildman–Crippen LogP) is 5.17. The van der Waals surface area contributed by atoms with E-state index >= 15 is 0 Å². The molecule has 7 rings (SSSR count). The highest BCUT2D eigenvalue weighted by Gasteiger charge is 2.73. The predicted molar refractivity (Wildman–Crippen MR) is 132 cm³/mol. The molecular weight excluding hydrogens is 422 g/mol. The Kier molecular flexibility index (Phi) is 4.70. The van der Waals surface area contributed by atoms with Crippen LogP contribution in [0.1, 0.15) is 55.2 Å². The van der Waals surface area contributed by atoms with E-state index in [-0.39, 0.29) is 22.9 Å². The third-order valence-corrected chi connectivity index (χ3v) is 9.48. The largest absolute Gasteiger partial charge is 0.504 e. The summed E-state index contributed by atoms with van der Waals surface area (Å²) in [6.07, 6.45) is 8.63. The van der Waals surface area contributed by atoms with Crippen LogP contribution in [0.25, 0.3) is 0 Å². The van der Waals surface area contributed by atoms with Gasteiger partial charge in [0.25, 0.3) is 0 Å². The molecule has 2 aromatic rings. The number of aromatic hydroxyl groups is 1. The van der Waals surface area contributed by atoms with Gasteiger partial charge in [-0.05, 0) is 86.6 Å². The summed E-state index contributed by atoms with van der Waals surface area (Å²) in [7, 11) is 0. The maximum absolute atomic E-state index is 10.8. The Hall–Kier alpha value is -2.30. The maximum atomic E-state index is 10.8. The minimum Gasteiger partial charge on any atom is -0.504 e. The van der Waals surface area contributed by atoms with Crippen LogP contribution in [0.2, 0.25) is 0 Å². The number of rotatable bonds is 7. The second-order valence-corrected chi connectivity index (χ2v) is 11.3. The first-order valence-corrected chi connectivity index (χ1v) is 13.2. The van der Waals surface area contributed by atoms with E-state index in [1.807, 2.05) is 6.07 Å². The van der Waals surface area contributed by atoms with Crippen LogP contribution in [0.15, 0.2) is 54.6 Å². The van der Waals surface area contributed by atoms with Crippen molar-refractivity contribution in [3.8, 4) is 11.5 Å². The van der Waals surface area contributed by atoms with Crippen molar-refractivity contribution in [2.45, 2.75) is 74.5 Å². The fourth-order valence-corrected chi connectivity index (χ4v) is 7.83. The number of hydrogen-bond acceptors (Lipinski definition) is 4. The molecule has 2 aromatic carbocycles. The Bertz CT molecular complexity index is 1130. The van der Waals surface area contributed by atoms with Crippen molar-refractivity contribution in [2.75, 3.05) is 19.7 Å². The van der Waals surface area contributed by atoms with Gasteiger partial charge in [-0.1, -0.05) is 43.0 Å². The van der Waals surface area contributed by atoms with Gasteiger partial charge in [0.15, 0.2) is 11.5 Å². The molecule has 34 heavy (non-hydrogen) atoms. The van der Waals surface area contributed by atoms with Gasteiger partial charge < -0.3 is 14.6 Å². The molecule has 1 unspecified atom stereocenters. The van der Waals surface area contributed by atoms with Crippen molar-refractivity contribution in [1.82, 2.24) is 4.90 Å². The van der Waals surface area contributed by atoms with Gasteiger partial charge in [-0.3, -0.25) is 4.90 Å². The SMILES string of the molecule is C=C1CCC2(OCCCc3ccccc3)[C@H]3Cc4ccc(O)c5c4[C@@]2(CCN3CC2CC2)[C@H]1O5. The summed E-state index contributed by atoms with van der Waals surface area (Å²) >= 11 is 0. The average molecular weight is 458 g/mol. The zero-order valence-electron chi connectivity index (χ0n) is 20.0. The summed E-state index contributed by atoms with van der Waals surface area (Å²) < 4.78 is 13.8. The lowest BCUT2D eigenvalue weighted by Crippen LogP contribution is -2.76. The van der Waals surface area contributed by atoms with E-state index in [4.69, 9.17) is 9.47 Å². The van der Waals surface area contributed by atoms with Crippen LogP contribution in [0, 0.1) is 5.92 Å². The molecule has 2 heterocycles. The number of likely N-dealkylation sites (tertiary alicyclic amines) is 1. The summed E-state index contributed by atoms with van der Waals surface area (Å²) in [6.45, 7) is 7.50. The average Bonchev–Trinajstić information content (AvgIpc) is 3.59. The van der Waals surface area contributed by atoms with Crippen LogP contribution < -0.4 is 4.74 Å². The first-order valence-electron chi connectivity index (χ1n) is 13.2. The van der Waals surface area contributed by atoms with E-state index in [0.29, 0.717) is 11.8 Å². The number of hydrogen-bond donors (Lipinski definition) is 1. The maximum Gasteiger partial charge on any atom is 0.166 e. The zero-order chi connectivity index (χ0) is 22.9. The third kappa shape index (κ3) is 2.85. The Labute approximate surface area is 202 Å². The Morgan fingerprint density at radius 2 is 1.97 bits per heavy atom. The lowest BCUT2D eigenvalue weighted by atomic mass is 9.48. The van der Waals surface area contributed by atoms with Crippen molar-refractivity contribution in [3.63, 3.8) is 0 Å². The summed E-state index contributed by atoms with van der Waals surface area (Å²) in [5.74, 6) is 1.83. The molecule has 4 heteroatoms. The molecule has 178 valence electrons. The molecule has 2 saturated carbocycles. The molecule has 1 saturated heterocycles. The van der Waals surface area contributed by atoms with E-state index in [0.717, 1.165) is 57.6 Å². The normalized spacial score (nSPS) is 33.5. The van der Waals surface area contributed by atoms with Gasteiger partial charge in [0.05, 0.1) is 11.0 Å². The highest BCUT2D eigenvalue weighted by atomic mass is 16.5. The summed E-state index contributed by atoms with van der Waals surface area (Å²) in [6, 6.07) is 15.1. The summed E-state index contributed by atoms with van der Waals surface area (Å²) in [4.78, 5) is 2.76. The fraction of sp³-hybridized carbons (Fsp3) is 0.533. The number of nitrogens with zero attached hydrogens (tertiary/aromatic N) is 1. The van der Waals surface area contributed by atoms with E-state index < -0.39 is 0 Å². The molecule has 1 spiro atoms. The lowest BCUT2D eigenvalue weighted by molar-refractivity contribution is -0.207. The molecule has 0 radical (unpaired) electrons. The van der Waals surface area contributed by atoms with E-state index in [1.165, 1.54) is 41.6 Å². The molecule has 2 aliphatic heterocycles. The summed E-state index contributed by atoms with van der Waals surface area (Å²) in [5.41, 5.74) is 4.61. The van der Waals surface area contributed by atoms with Crippen LogP contribution in [0.4, 0.5) is 0 Å². The Balaban J connectivity index is 1.28. The highest BCUT2D eigenvalue weighted by molar-refractivity contribution is 5.64. The second-order valence-electron chi connectivity index (χ2n) is 11.3. The van der Waals surface area contributed by atoms with Gasteiger partial charge in [0.2, 0.25) is 0 Å². The van der Waals surface area contributed by atoms with Crippen LogP contribution in [0.3, 0.4) is 0 Å². The second kappa shape index (κ2) is 7.60. The van der Waals surface area contributed by atoms with Gasteiger partial charge in [0, 0.05) is 24.8 Å². The molecule has 5 aliphatic rings. The van der Waals surface area contributed by atoms with Crippen molar-refractivity contribution >= 4 is 0 Å². The van der Waals surface area contributed by atoms with E-state index in [2.05, 4.69) is 47.9 Å². The molecular formula is C30H35NO3. The van der Waals surface area contributed by atoms with E-state index in [1.54, 1.807) is 0 Å². The molecule has 4 nitrogen and oxygen atoms in total. The van der Waals surface area contributed by atoms with Crippen molar-refractivity contribution in [2.24, 2.45) is 5.92 Å². The smallest absolute Gasteiger partial charge is 0.166 e. The van der Waals surface area contributed by atoms with E-state index in [9.17, 15) is 5.11 Å². The Morgan fingerprint density at radius 1 is 1.12 bits per heavy atom. The Morgan fingerprint density at radius 3 is 2.79 bits per heavy atom. The topological polar surface area (TPSA) is 41.9 Å². The van der Waals surface area contributed by atoms with Crippen LogP contribution in [-0.2, 0) is 23.0 Å². The highest BCUT2D eigenvalue weighted by Crippen LogP contribution is 2.67. The third-order valence-electron chi connectivity index (χ3n) is 9.48. The number of benzene rings is 2. The number of piperidine rings is 1. The quantitative estimate of drug-likeness (QED) is 0.460. The first-order chi connectivity index (χ1) is 16.6. The van der Waals surface area contributed by atoms with Crippen molar-refractivity contribution < 1.29 is 14.6 Å². The minimum atomic E-state index is -0.283. The monoisotopic (exact) mass is 457 g/mol. The standard InChI is InChI=1S/C30H35NO3/c1-20-13-14-30(33-17-5-8-21-6-3-2-4-7-21)25-18-23-11-12-24(32)27-26(23)29(30,28(20)34-27)15-16-31(25)19-22-9-10-22/h2-4,6-7,11-12,22,25,28,32H,1,5,8-10,13-19H2/t25-,28+,29+,30?/m1/s1. The zero-order valence-corrected chi connectivity index (χ0v) is 20.0. The lowest BCUT2D eigenvalue weighted by Gasteiger charge is -2.65. The van der Waals surface area contributed by atoms with Gasteiger partial charge in [-0.15, -0.1) is 0 Å². The minimum absolute atomic E-state index is 0.0942. The molecule has 1 N–H and O–H groups in total. The van der Waals surface area contributed by atoms with Gasteiger partial charge in [-0.2, -0.15) is 0 Å². The fourth-order valence-electron chi connectivity index (χ4n) is 7.83. The molecule has 4 atom stereocenters. The molecule has 3 aliphatic carbocycles. The van der Waals surface area contributed by atoms with Gasteiger partial charge in [0.1, 0.15) is 6.10 Å². The van der Waals surface area contributed by atoms with Crippen LogP contribution >= 0.6 is 0 Å². The first kappa shape index (κ1) is 21.0. The molecule has 2 bridgehead atoms. The number of aryl methyl sites for hydroxylation is 1. The summed E-state index contributed by atoms with van der Waals surface area (Å²) in [5, 5.41) is 10.8. The molecule has 0 aromatic heterocycles. The van der Waals surface area contributed by atoms with Gasteiger partial charge in [-0.25, -0.2) is 0 Å².